The molecule has 1 saturated heterocycles. The molecule has 1 unspecified atom stereocenters. The van der Waals surface area contributed by atoms with Crippen LogP contribution in [0.3, 0.4) is 0 Å². The maximum Gasteiger partial charge on any atom is 0.331 e. The van der Waals surface area contributed by atoms with E-state index in [0.717, 1.165) is 6.42 Å². The molecule has 0 spiro atoms. The highest BCUT2D eigenvalue weighted by Gasteiger charge is 2.19. The van der Waals surface area contributed by atoms with Gasteiger partial charge < -0.3 is 15.7 Å². The minimum Gasteiger partial charge on any atom is -0.478 e. The van der Waals surface area contributed by atoms with Crippen LogP contribution in [-0.2, 0) is 9.59 Å². The van der Waals surface area contributed by atoms with E-state index in [4.69, 9.17) is 5.11 Å². The fourth-order valence-corrected chi connectivity index (χ4v) is 1.67. The standard InChI is InChI=1S/C11H18N2O3/c1-2-8(11(15)16)5-6-12-7-9-3-4-10(14)13-9/h5,9,12H,2-4,6-7H2,1H3,(H,13,14)(H,15,16). The predicted molar refractivity (Wildman–Crippen MR) is 60.0 cm³/mol. The third-order valence-electron chi connectivity index (χ3n) is 2.62. The summed E-state index contributed by atoms with van der Waals surface area (Å²) in [6.07, 6.45) is 3.66. The fourth-order valence-electron chi connectivity index (χ4n) is 1.67. The molecule has 3 N–H and O–H groups in total. The number of nitrogens with one attached hydrogen (secondary N) is 2. The second-order valence-corrected chi connectivity index (χ2v) is 3.85. The van der Waals surface area contributed by atoms with Gasteiger partial charge in [0.2, 0.25) is 5.91 Å². The van der Waals surface area contributed by atoms with Gasteiger partial charge in [-0.2, -0.15) is 0 Å². The normalized spacial score (nSPS) is 20.9. The van der Waals surface area contributed by atoms with Crippen molar-refractivity contribution in [1.29, 1.82) is 0 Å². The molecule has 0 aromatic carbocycles. The molecule has 1 heterocycles. The van der Waals surface area contributed by atoms with Gasteiger partial charge in [0, 0.05) is 31.1 Å². The largest absolute Gasteiger partial charge is 0.478 e. The second-order valence-electron chi connectivity index (χ2n) is 3.85. The van der Waals surface area contributed by atoms with Gasteiger partial charge in [-0.05, 0) is 12.8 Å². The van der Waals surface area contributed by atoms with Gasteiger partial charge in [0.1, 0.15) is 0 Å². The molecule has 90 valence electrons. The van der Waals surface area contributed by atoms with Gasteiger partial charge in [0.25, 0.3) is 0 Å². The van der Waals surface area contributed by atoms with Crippen molar-refractivity contribution in [2.45, 2.75) is 32.2 Å². The predicted octanol–water partition coefficient (Wildman–Crippen LogP) is 0.276. The molecule has 0 bridgehead atoms. The highest BCUT2D eigenvalue weighted by molar-refractivity contribution is 5.86. The van der Waals surface area contributed by atoms with Crippen LogP contribution in [0.2, 0.25) is 0 Å². The molecule has 1 rings (SSSR count). The monoisotopic (exact) mass is 226 g/mol. The SMILES string of the molecule is CCC(=CCNCC1CCC(=O)N1)C(=O)O. The Labute approximate surface area is 94.9 Å². The van der Waals surface area contributed by atoms with Crippen molar-refractivity contribution < 1.29 is 14.7 Å². The Morgan fingerprint density at radius 1 is 1.69 bits per heavy atom. The van der Waals surface area contributed by atoms with Crippen molar-refractivity contribution >= 4 is 11.9 Å². The zero-order valence-electron chi connectivity index (χ0n) is 9.45. The molecule has 1 fully saturated rings. The van der Waals surface area contributed by atoms with Crippen LogP contribution in [0.5, 0.6) is 0 Å². The van der Waals surface area contributed by atoms with Crippen LogP contribution in [0.4, 0.5) is 0 Å². The minimum atomic E-state index is -0.863. The van der Waals surface area contributed by atoms with Gasteiger partial charge in [0.05, 0.1) is 0 Å². The van der Waals surface area contributed by atoms with Gasteiger partial charge >= 0.3 is 5.97 Å². The summed E-state index contributed by atoms with van der Waals surface area (Å²) in [5.41, 5.74) is 0.419. The molecule has 1 amide bonds. The summed E-state index contributed by atoms with van der Waals surface area (Å²) in [5.74, 6) is -0.763. The Kier molecular flexibility index (Phi) is 4.98. The second kappa shape index (κ2) is 6.27. The summed E-state index contributed by atoms with van der Waals surface area (Å²) in [6.45, 7) is 3.04. The molecular weight excluding hydrogens is 208 g/mol. The van der Waals surface area contributed by atoms with Crippen LogP contribution in [0.15, 0.2) is 11.6 Å². The zero-order chi connectivity index (χ0) is 12.0. The lowest BCUT2D eigenvalue weighted by atomic mass is 10.2. The van der Waals surface area contributed by atoms with Crippen LogP contribution in [0, 0.1) is 0 Å². The molecular formula is C11H18N2O3. The van der Waals surface area contributed by atoms with Crippen molar-refractivity contribution in [3.05, 3.63) is 11.6 Å². The lowest BCUT2D eigenvalue weighted by molar-refractivity contribution is -0.132. The average molecular weight is 226 g/mol. The quantitative estimate of drug-likeness (QED) is 0.449. The number of rotatable bonds is 6. The smallest absolute Gasteiger partial charge is 0.331 e. The van der Waals surface area contributed by atoms with E-state index >= 15 is 0 Å². The molecule has 5 nitrogen and oxygen atoms in total. The van der Waals surface area contributed by atoms with E-state index in [0.29, 0.717) is 31.5 Å². The fraction of sp³-hybridized carbons (Fsp3) is 0.636. The van der Waals surface area contributed by atoms with E-state index in [-0.39, 0.29) is 11.9 Å². The summed E-state index contributed by atoms with van der Waals surface area (Å²) in [6, 6.07) is 0.191. The van der Waals surface area contributed by atoms with Gasteiger partial charge in [-0.25, -0.2) is 4.79 Å². The Bertz CT molecular complexity index is 300. The maximum atomic E-state index is 10.9. The van der Waals surface area contributed by atoms with E-state index in [2.05, 4.69) is 10.6 Å². The van der Waals surface area contributed by atoms with E-state index in [9.17, 15) is 9.59 Å². The summed E-state index contributed by atoms with van der Waals surface area (Å²) >= 11 is 0. The van der Waals surface area contributed by atoms with Crippen molar-refractivity contribution in [1.82, 2.24) is 10.6 Å². The highest BCUT2D eigenvalue weighted by atomic mass is 16.4. The number of aliphatic carboxylic acids is 1. The molecule has 1 atom stereocenters. The molecule has 0 aromatic heterocycles. The first-order valence-corrected chi connectivity index (χ1v) is 5.56. The van der Waals surface area contributed by atoms with Crippen molar-refractivity contribution in [3.63, 3.8) is 0 Å². The van der Waals surface area contributed by atoms with Gasteiger partial charge in [0.15, 0.2) is 0 Å². The van der Waals surface area contributed by atoms with Crippen LogP contribution < -0.4 is 10.6 Å². The first kappa shape index (κ1) is 12.7. The number of carboxylic acids is 1. The molecule has 0 aromatic rings. The first-order valence-electron chi connectivity index (χ1n) is 5.56. The number of carbonyl (C=O) groups excluding carboxylic acids is 1. The van der Waals surface area contributed by atoms with E-state index in [1.165, 1.54) is 0 Å². The molecule has 16 heavy (non-hydrogen) atoms. The lowest BCUT2D eigenvalue weighted by Crippen LogP contribution is -2.35. The molecule has 0 saturated carbocycles. The average Bonchev–Trinajstić information content (AvgIpc) is 2.64. The maximum absolute atomic E-state index is 10.9. The van der Waals surface area contributed by atoms with Gasteiger partial charge in [-0.3, -0.25) is 4.79 Å². The number of hydrogen-bond acceptors (Lipinski definition) is 3. The molecule has 0 aliphatic carbocycles. The Morgan fingerprint density at radius 3 is 2.94 bits per heavy atom. The molecule has 5 heteroatoms. The summed E-state index contributed by atoms with van der Waals surface area (Å²) in [7, 11) is 0. The lowest BCUT2D eigenvalue weighted by Gasteiger charge is -2.09. The number of hydrogen-bond donors (Lipinski definition) is 3. The number of carboxylic acid groups (broad SMARTS) is 1. The first-order chi connectivity index (χ1) is 7.63. The summed E-state index contributed by atoms with van der Waals surface area (Å²) in [4.78, 5) is 21.6. The van der Waals surface area contributed by atoms with Crippen molar-refractivity contribution in [2.24, 2.45) is 0 Å². The van der Waals surface area contributed by atoms with Crippen LogP contribution >= 0.6 is 0 Å². The topological polar surface area (TPSA) is 78.4 Å². The number of carbonyl (C=O) groups is 2. The third kappa shape index (κ3) is 4.02. The third-order valence-corrected chi connectivity index (χ3v) is 2.62. The Hall–Kier alpha value is -1.36. The summed E-state index contributed by atoms with van der Waals surface area (Å²) < 4.78 is 0. The van der Waals surface area contributed by atoms with Gasteiger partial charge in [-0.15, -0.1) is 0 Å². The van der Waals surface area contributed by atoms with Gasteiger partial charge in [-0.1, -0.05) is 13.0 Å². The van der Waals surface area contributed by atoms with E-state index in [1.807, 2.05) is 6.92 Å². The molecule has 1 aliphatic rings. The van der Waals surface area contributed by atoms with Crippen molar-refractivity contribution in [2.75, 3.05) is 13.1 Å². The molecule has 0 radical (unpaired) electrons. The van der Waals surface area contributed by atoms with Crippen LogP contribution in [0.25, 0.3) is 0 Å². The number of amides is 1. The minimum absolute atomic E-state index is 0.0992. The summed E-state index contributed by atoms with van der Waals surface area (Å²) in [5, 5.41) is 14.7. The Morgan fingerprint density at radius 2 is 2.44 bits per heavy atom. The zero-order valence-corrected chi connectivity index (χ0v) is 9.45. The highest BCUT2D eigenvalue weighted by Crippen LogP contribution is 2.05. The van der Waals surface area contributed by atoms with Crippen LogP contribution in [0.1, 0.15) is 26.2 Å². The van der Waals surface area contributed by atoms with E-state index in [1.54, 1.807) is 6.08 Å². The van der Waals surface area contributed by atoms with E-state index < -0.39 is 5.97 Å². The Balaban J connectivity index is 2.20. The van der Waals surface area contributed by atoms with Crippen LogP contribution in [-0.4, -0.2) is 36.1 Å². The van der Waals surface area contributed by atoms with Crippen molar-refractivity contribution in [3.8, 4) is 0 Å². The molecule has 1 aliphatic heterocycles.